The van der Waals surface area contributed by atoms with Crippen LogP contribution in [0.5, 0.6) is 0 Å². The Kier molecular flexibility index (Phi) is 2.67. The Morgan fingerprint density at radius 1 is 1.33 bits per heavy atom. The maximum absolute atomic E-state index is 12.1. The van der Waals surface area contributed by atoms with E-state index >= 15 is 0 Å². The lowest BCUT2D eigenvalue weighted by molar-refractivity contribution is -0.139. The lowest BCUT2D eigenvalue weighted by Gasteiger charge is -2.18. The van der Waals surface area contributed by atoms with Crippen LogP contribution in [0.15, 0.2) is 0 Å². The topological polar surface area (TPSA) is 49.4 Å². The predicted molar refractivity (Wildman–Crippen MR) is 55.7 cm³/mol. The summed E-state index contributed by atoms with van der Waals surface area (Å²) in [6, 6.07) is 0. The van der Waals surface area contributed by atoms with Crippen LogP contribution < -0.4 is 5.43 Å². The van der Waals surface area contributed by atoms with Gasteiger partial charge in [-0.1, -0.05) is 26.2 Å². The summed E-state index contributed by atoms with van der Waals surface area (Å²) >= 11 is 0. The van der Waals surface area contributed by atoms with Gasteiger partial charge in [-0.3, -0.25) is 20.0 Å². The second-order valence-corrected chi connectivity index (χ2v) is 4.54. The average molecular weight is 210 g/mol. The molecule has 0 unspecified atom stereocenters. The first kappa shape index (κ1) is 10.5. The van der Waals surface area contributed by atoms with Crippen molar-refractivity contribution in [2.24, 2.45) is 5.41 Å². The smallest absolute Gasteiger partial charge is 0.256 e. The van der Waals surface area contributed by atoms with Crippen LogP contribution in [0.3, 0.4) is 0 Å². The summed E-state index contributed by atoms with van der Waals surface area (Å²) in [7, 11) is 0. The van der Waals surface area contributed by atoms with Gasteiger partial charge in [0.1, 0.15) is 5.41 Å². The van der Waals surface area contributed by atoms with Crippen molar-refractivity contribution in [2.75, 3.05) is 6.54 Å². The van der Waals surface area contributed by atoms with Crippen LogP contribution in [0.2, 0.25) is 0 Å². The Morgan fingerprint density at radius 2 is 2.00 bits per heavy atom. The number of unbranched alkanes of at least 4 members (excludes halogenated alkanes) is 1. The van der Waals surface area contributed by atoms with Gasteiger partial charge in [0.2, 0.25) is 0 Å². The summed E-state index contributed by atoms with van der Waals surface area (Å²) in [4.78, 5) is 23.9. The van der Waals surface area contributed by atoms with Crippen LogP contribution in [0.1, 0.15) is 45.4 Å². The molecule has 0 atom stereocenters. The third-order valence-corrected chi connectivity index (χ3v) is 3.52. The number of rotatable bonds is 3. The molecular weight excluding hydrogens is 192 g/mol. The number of hydrogen-bond acceptors (Lipinski definition) is 2. The fraction of sp³-hybridized carbons (Fsp3) is 0.818. The molecule has 4 heteroatoms. The van der Waals surface area contributed by atoms with E-state index in [2.05, 4.69) is 12.3 Å². The normalized spacial score (nSPS) is 23.9. The fourth-order valence-electron chi connectivity index (χ4n) is 2.53. The van der Waals surface area contributed by atoms with Crippen molar-refractivity contribution in [2.45, 2.75) is 45.4 Å². The van der Waals surface area contributed by atoms with Crippen molar-refractivity contribution >= 4 is 11.8 Å². The molecule has 1 N–H and O–H groups in total. The summed E-state index contributed by atoms with van der Waals surface area (Å²) in [5.41, 5.74) is 2.03. The molecule has 1 saturated heterocycles. The van der Waals surface area contributed by atoms with Gasteiger partial charge >= 0.3 is 0 Å². The molecule has 4 nitrogen and oxygen atoms in total. The molecule has 0 aromatic rings. The first-order valence-electron chi connectivity index (χ1n) is 5.84. The highest BCUT2D eigenvalue weighted by Crippen LogP contribution is 2.42. The number of nitrogens with one attached hydrogen (secondary N) is 1. The van der Waals surface area contributed by atoms with Gasteiger partial charge < -0.3 is 0 Å². The molecule has 1 aliphatic carbocycles. The molecule has 0 aromatic heterocycles. The van der Waals surface area contributed by atoms with Gasteiger partial charge in [-0.25, -0.2) is 0 Å². The fourth-order valence-corrected chi connectivity index (χ4v) is 2.53. The lowest BCUT2D eigenvalue weighted by Crippen LogP contribution is -2.37. The van der Waals surface area contributed by atoms with Crippen molar-refractivity contribution in [3.8, 4) is 0 Å². The second-order valence-electron chi connectivity index (χ2n) is 4.54. The van der Waals surface area contributed by atoms with Crippen LogP contribution >= 0.6 is 0 Å². The lowest BCUT2D eigenvalue weighted by atomic mass is 9.85. The minimum atomic E-state index is -0.687. The van der Waals surface area contributed by atoms with E-state index in [1.807, 2.05) is 0 Å². The van der Waals surface area contributed by atoms with E-state index in [4.69, 9.17) is 0 Å². The van der Waals surface area contributed by atoms with E-state index in [1.165, 1.54) is 5.01 Å². The number of carbonyl (C=O) groups excluding carboxylic acids is 2. The van der Waals surface area contributed by atoms with Crippen molar-refractivity contribution in [1.29, 1.82) is 0 Å². The third-order valence-electron chi connectivity index (χ3n) is 3.52. The first-order valence-corrected chi connectivity index (χ1v) is 5.84. The standard InChI is InChI=1S/C11H18N2O2/c1-2-3-8-13-10(15)11(9(14)12-13)6-4-5-7-11/h2-8H2,1H3,(H,12,14). The average Bonchev–Trinajstić information content (AvgIpc) is 2.79. The zero-order valence-electron chi connectivity index (χ0n) is 9.21. The van der Waals surface area contributed by atoms with E-state index in [1.54, 1.807) is 0 Å². The molecule has 2 aliphatic rings. The maximum Gasteiger partial charge on any atom is 0.256 e. The molecule has 1 aliphatic heterocycles. The maximum atomic E-state index is 12.1. The molecule has 1 saturated carbocycles. The molecule has 0 radical (unpaired) electrons. The first-order chi connectivity index (χ1) is 7.20. The van der Waals surface area contributed by atoms with Crippen LogP contribution in [0.25, 0.3) is 0 Å². The number of amides is 2. The van der Waals surface area contributed by atoms with Gasteiger partial charge in [-0.05, 0) is 19.3 Å². The SMILES string of the molecule is CCCCN1NC(=O)C2(CCCC2)C1=O. The highest BCUT2D eigenvalue weighted by atomic mass is 16.2. The van der Waals surface area contributed by atoms with E-state index < -0.39 is 5.41 Å². The van der Waals surface area contributed by atoms with Gasteiger partial charge in [0, 0.05) is 6.54 Å². The molecule has 15 heavy (non-hydrogen) atoms. The minimum Gasteiger partial charge on any atom is -0.272 e. The van der Waals surface area contributed by atoms with Gasteiger partial charge in [-0.2, -0.15) is 0 Å². The molecule has 2 amide bonds. The van der Waals surface area contributed by atoms with E-state index in [9.17, 15) is 9.59 Å². The molecule has 2 fully saturated rings. The van der Waals surface area contributed by atoms with Crippen LogP contribution in [-0.4, -0.2) is 23.4 Å². The Labute approximate surface area is 90.0 Å². The predicted octanol–water partition coefficient (Wildman–Crippen LogP) is 1.22. The highest BCUT2D eigenvalue weighted by molar-refractivity contribution is 6.09. The largest absolute Gasteiger partial charge is 0.272 e. The summed E-state index contributed by atoms with van der Waals surface area (Å²) in [5, 5.41) is 1.52. The summed E-state index contributed by atoms with van der Waals surface area (Å²) < 4.78 is 0. The van der Waals surface area contributed by atoms with E-state index in [0.717, 1.165) is 38.5 Å². The van der Waals surface area contributed by atoms with Gasteiger partial charge in [0.05, 0.1) is 0 Å². The molecule has 84 valence electrons. The van der Waals surface area contributed by atoms with Gasteiger partial charge in [0.25, 0.3) is 11.8 Å². The molecule has 1 spiro atoms. The van der Waals surface area contributed by atoms with E-state index in [-0.39, 0.29) is 11.8 Å². The van der Waals surface area contributed by atoms with Crippen LogP contribution in [0.4, 0.5) is 0 Å². The molecular formula is C11H18N2O2. The summed E-state index contributed by atoms with van der Waals surface area (Å²) in [6.45, 7) is 2.73. The zero-order chi connectivity index (χ0) is 10.9. The molecule has 2 rings (SSSR count). The molecule has 1 heterocycles. The van der Waals surface area contributed by atoms with Crippen molar-refractivity contribution < 1.29 is 9.59 Å². The quantitative estimate of drug-likeness (QED) is 0.712. The Morgan fingerprint density at radius 3 is 2.60 bits per heavy atom. The summed E-state index contributed by atoms with van der Waals surface area (Å²) in [6.07, 6.45) is 5.46. The second kappa shape index (κ2) is 3.83. The van der Waals surface area contributed by atoms with Gasteiger partial charge in [0.15, 0.2) is 0 Å². The van der Waals surface area contributed by atoms with Crippen LogP contribution in [-0.2, 0) is 9.59 Å². The zero-order valence-corrected chi connectivity index (χ0v) is 9.21. The number of hydrazine groups is 1. The summed E-state index contributed by atoms with van der Waals surface area (Å²) in [5.74, 6) is -0.0560. The Hall–Kier alpha value is -1.06. The minimum absolute atomic E-state index is 0.0125. The Balaban J connectivity index is 2.09. The molecule has 0 bridgehead atoms. The van der Waals surface area contributed by atoms with Crippen molar-refractivity contribution in [1.82, 2.24) is 10.4 Å². The highest BCUT2D eigenvalue weighted by Gasteiger charge is 2.55. The monoisotopic (exact) mass is 210 g/mol. The van der Waals surface area contributed by atoms with Crippen molar-refractivity contribution in [3.63, 3.8) is 0 Å². The molecule has 0 aromatic carbocycles. The van der Waals surface area contributed by atoms with Crippen molar-refractivity contribution in [3.05, 3.63) is 0 Å². The van der Waals surface area contributed by atoms with E-state index in [0.29, 0.717) is 6.54 Å². The van der Waals surface area contributed by atoms with Crippen LogP contribution in [0, 0.1) is 5.41 Å². The number of hydrogen-bond donors (Lipinski definition) is 1. The Bertz CT molecular complexity index is 282. The van der Waals surface area contributed by atoms with Gasteiger partial charge in [-0.15, -0.1) is 0 Å². The third kappa shape index (κ3) is 1.52. The number of nitrogens with zero attached hydrogens (tertiary/aromatic N) is 1. The number of carbonyl (C=O) groups is 2.